The Morgan fingerprint density at radius 3 is 2.75 bits per heavy atom. The second-order valence-electron chi connectivity index (χ2n) is 5.54. The summed E-state index contributed by atoms with van der Waals surface area (Å²) in [7, 11) is 0. The van der Waals surface area contributed by atoms with Gasteiger partial charge >= 0.3 is 11.4 Å². The molecule has 1 aliphatic carbocycles. The van der Waals surface area contributed by atoms with Gasteiger partial charge in [0.05, 0.1) is 0 Å². The highest BCUT2D eigenvalue weighted by atomic mass is 16.2. The molecular formula is C14H22N4O2. The number of rotatable bonds is 7. The topological polar surface area (TPSA) is 93.8 Å². The van der Waals surface area contributed by atoms with E-state index in [1.54, 1.807) is 0 Å². The zero-order valence-electron chi connectivity index (χ0n) is 11.8. The van der Waals surface area contributed by atoms with Crippen molar-refractivity contribution in [1.82, 2.24) is 14.5 Å². The first-order valence-corrected chi connectivity index (χ1v) is 7.21. The summed E-state index contributed by atoms with van der Waals surface area (Å²) in [5.74, 6) is 2.00. The van der Waals surface area contributed by atoms with Gasteiger partial charge in [0.15, 0.2) is 0 Å². The largest absolute Gasteiger partial charge is 0.404 e. The number of hydrogen-bond donors (Lipinski definition) is 2. The van der Waals surface area contributed by atoms with Crippen molar-refractivity contribution in [2.45, 2.75) is 45.6 Å². The maximum Gasteiger partial charge on any atom is 0.353 e. The molecule has 2 atom stereocenters. The summed E-state index contributed by atoms with van der Waals surface area (Å²) in [6.45, 7) is 2.71. The Kier molecular flexibility index (Phi) is 4.76. The normalized spacial score (nSPS) is 21.4. The van der Waals surface area contributed by atoms with E-state index in [0.717, 1.165) is 29.2 Å². The first-order valence-electron chi connectivity index (χ1n) is 7.21. The number of nitrogens with two attached hydrogens (primary N) is 1. The molecule has 0 aromatic carbocycles. The average Bonchev–Trinajstić information content (AvgIpc) is 3.08. The van der Waals surface area contributed by atoms with Crippen LogP contribution in [0, 0.1) is 11.8 Å². The lowest BCUT2D eigenvalue weighted by Gasteiger charge is -2.04. The molecule has 2 rings (SSSR count). The van der Waals surface area contributed by atoms with Crippen LogP contribution in [0.1, 0.15) is 44.9 Å². The molecule has 1 aliphatic rings. The van der Waals surface area contributed by atoms with Crippen LogP contribution in [0.5, 0.6) is 0 Å². The van der Waals surface area contributed by atoms with Gasteiger partial charge in [0.2, 0.25) is 0 Å². The molecule has 0 amide bonds. The lowest BCUT2D eigenvalue weighted by molar-refractivity contribution is 0.516. The summed E-state index contributed by atoms with van der Waals surface area (Å²) < 4.78 is 1.15. The molecule has 3 N–H and O–H groups in total. The zero-order chi connectivity index (χ0) is 14.5. The number of aromatic nitrogens is 3. The minimum Gasteiger partial charge on any atom is -0.404 e. The molecule has 0 radical (unpaired) electrons. The number of nitrogens with one attached hydrogen (secondary N) is 1. The van der Waals surface area contributed by atoms with Crippen LogP contribution in [0.3, 0.4) is 0 Å². The van der Waals surface area contributed by atoms with Crippen LogP contribution in [0.4, 0.5) is 0 Å². The van der Waals surface area contributed by atoms with Crippen LogP contribution >= 0.6 is 0 Å². The average molecular weight is 278 g/mol. The Morgan fingerprint density at radius 2 is 2.15 bits per heavy atom. The number of aromatic amines is 1. The molecule has 6 nitrogen and oxygen atoms in total. The van der Waals surface area contributed by atoms with Gasteiger partial charge in [-0.25, -0.2) is 14.2 Å². The quantitative estimate of drug-likeness (QED) is 0.730. The van der Waals surface area contributed by atoms with Gasteiger partial charge in [-0.1, -0.05) is 26.2 Å². The Hall–Kier alpha value is -1.85. The second-order valence-corrected chi connectivity index (χ2v) is 5.54. The van der Waals surface area contributed by atoms with Gasteiger partial charge in [0.25, 0.3) is 0 Å². The van der Waals surface area contributed by atoms with Gasteiger partial charge in [0, 0.05) is 6.54 Å². The van der Waals surface area contributed by atoms with Crippen LogP contribution in [0.2, 0.25) is 0 Å². The Morgan fingerprint density at radius 1 is 1.40 bits per heavy atom. The number of nitrogens with zero attached hydrogens (tertiary/aromatic N) is 2. The molecular weight excluding hydrogens is 256 g/mol. The molecule has 6 heteroatoms. The van der Waals surface area contributed by atoms with Crippen molar-refractivity contribution in [3.8, 4) is 0 Å². The summed E-state index contributed by atoms with van der Waals surface area (Å²) in [6, 6.07) is 0. The fourth-order valence-electron chi connectivity index (χ4n) is 2.48. The molecule has 1 aromatic heterocycles. The van der Waals surface area contributed by atoms with E-state index in [4.69, 9.17) is 5.73 Å². The molecule has 0 spiro atoms. The molecule has 1 heterocycles. The summed E-state index contributed by atoms with van der Waals surface area (Å²) >= 11 is 0. The van der Waals surface area contributed by atoms with Gasteiger partial charge in [-0.2, -0.15) is 4.98 Å². The van der Waals surface area contributed by atoms with Crippen LogP contribution in [-0.2, 0) is 6.54 Å². The van der Waals surface area contributed by atoms with E-state index >= 15 is 0 Å². The standard InChI is InChI=1S/C14H22N4O2/c1-10-9-11(10)5-3-2-4-8-18-13(19)16-12(6-7-15)17-14(18)20/h6-7,10-11H,2-5,8-9,15H2,1H3,(H,16,17,19,20)/t10?,11-/m1/s1. The van der Waals surface area contributed by atoms with Crippen molar-refractivity contribution in [1.29, 1.82) is 0 Å². The van der Waals surface area contributed by atoms with E-state index in [1.165, 1.54) is 31.5 Å². The van der Waals surface area contributed by atoms with Crippen LogP contribution in [-0.4, -0.2) is 14.5 Å². The van der Waals surface area contributed by atoms with Crippen molar-refractivity contribution in [3.63, 3.8) is 0 Å². The predicted octanol–water partition coefficient (Wildman–Crippen LogP) is 1.08. The Balaban J connectivity index is 1.83. The van der Waals surface area contributed by atoms with Crippen molar-refractivity contribution in [2.24, 2.45) is 17.6 Å². The highest BCUT2D eigenvalue weighted by molar-refractivity contribution is 5.37. The Labute approximate surface area is 117 Å². The third kappa shape index (κ3) is 3.82. The summed E-state index contributed by atoms with van der Waals surface area (Å²) in [5, 5.41) is 0. The molecule has 0 saturated heterocycles. The predicted molar refractivity (Wildman–Crippen MR) is 78.1 cm³/mol. The SMILES string of the molecule is CC1C[C@H]1CCCCCn1c(=O)nc(C=CN)[nH]c1=O. The highest BCUT2D eigenvalue weighted by Gasteiger charge is 2.31. The van der Waals surface area contributed by atoms with E-state index in [0.29, 0.717) is 6.54 Å². The van der Waals surface area contributed by atoms with Crippen molar-refractivity contribution in [2.75, 3.05) is 0 Å². The molecule has 20 heavy (non-hydrogen) atoms. The van der Waals surface area contributed by atoms with Gasteiger partial charge in [-0.05, 0) is 37.0 Å². The van der Waals surface area contributed by atoms with Crippen molar-refractivity contribution >= 4 is 6.08 Å². The van der Waals surface area contributed by atoms with E-state index in [1.807, 2.05) is 0 Å². The fourth-order valence-corrected chi connectivity index (χ4v) is 2.48. The van der Waals surface area contributed by atoms with Crippen molar-refractivity contribution < 1.29 is 0 Å². The van der Waals surface area contributed by atoms with E-state index in [-0.39, 0.29) is 5.82 Å². The maximum atomic E-state index is 11.8. The molecule has 1 saturated carbocycles. The molecule has 1 unspecified atom stereocenters. The summed E-state index contributed by atoms with van der Waals surface area (Å²) in [4.78, 5) is 29.7. The molecule has 1 aromatic rings. The smallest absolute Gasteiger partial charge is 0.353 e. The minimum atomic E-state index is -0.516. The van der Waals surface area contributed by atoms with E-state index in [9.17, 15) is 9.59 Å². The lowest BCUT2D eigenvalue weighted by Crippen LogP contribution is -2.37. The lowest BCUT2D eigenvalue weighted by atomic mass is 10.1. The monoisotopic (exact) mass is 278 g/mol. The highest BCUT2D eigenvalue weighted by Crippen LogP contribution is 2.41. The maximum absolute atomic E-state index is 11.8. The number of H-pyrrole nitrogens is 1. The van der Waals surface area contributed by atoms with Gasteiger partial charge in [0.1, 0.15) is 5.82 Å². The second kappa shape index (κ2) is 6.54. The molecule has 1 fully saturated rings. The van der Waals surface area contributed by atoms with Crippen LogP contribution in [0.15, 0.2) is 15.8 Å². The van der Waals surface area contributed by atoms with Gasteiger partial charge in [-0.3, -0.25) is 4.98 Å². The van der Waals surface area contributed by atoms with E-state index < -0.39 is 11.4 Å². The first kappa shape index (κ1) is 14.6. The van der Waals surface area contributed by atoms with Crippen LogP contribution < -0.4 is 17.1 Å². The Bertz CT molecular complexity index is 556. The summed E-state index contributed by atoms with van der Waals surface area (Å²) in [6.07, 6.45) is 8.30. The zero-order valence-corrected chi connectivity index (χ0v) is 11.8. The summed E-state index contributed by atoms with van der Waals surface area (Å²) in [5.41, 5.74) is 4.26. The van der Waals surface area contributed by atoms with E-state index in [2.05, 4.69) is 16.9 Å². The number of hydrogen-bond acceptors (Lipinski definition) is 4. The number of unbranched alkanes of at least 4 members (excludes halogenated alkanes) is 2. The minimum absolute atomic E-state index is 0.196. The molecule has 0 aliphatic heterocycles. The van der Waals surface area contributed by atoms with Crippen molar-refractivity contribution in [3.05, 3.63) is 33.0 Å². The van der Waals surface area contributed by atoms with Gasteiger partial charge in [-0.15, -0.1) is 0 Å². The fraction of sp³-hybridized carbons (Fsp3) is 0.643. The van der Waals surface area contributed by atoms with Gasteiger partial charge < -0.3 is 5.73 Å². The molecule has 0 bridgehead atoms. The first-order chi connectivity index (χ1) is 9.61. The van der Waals surface area contributed by atoms with Crippen LogP contribution in [0.25, 0.3) is 6.08 Å². The molecule has 110 valence electrons. The third-order valence-corrected chi connectivity index (χ3v) is 3.91. The third-order valence-electron chi connectivity index (χ3n) is 3.91.